The molecule has 2 saturated heterocycles. The van der Waals surface area contributed by atoms with Gasteiger partial charge in [0.2, 0.25) is 0 Å². The van der Waals surface area contributed by atoms with Crippen molar-refractivity contribution in [1.29, 1.82) is 0 Å². The van der Waals surface area contributed by atoms with Crippen molar-refractivity contribution in [2.45, 2.75) is 12.8 Å². The molecule has 0 bridgehead atoms. The van der Waals surface area contributed by atoms with Crippen molar-refractivity contribution in [2.24, 2.45) is 5.41 Å². The molecule has 0 amide bonds. The Labute approximate surface area is 100 Å². The molecule has 2 aliphatic heterocycles. The fraction of sp³-hybridized carbons (Fsp3) is 0.538. The summed E-state index contributed by atoms with van der Waals surface area (Å²) < 4.78 is 18.6. The van der Waals surface area contributed by atoms with E-state index in [1.807, 2.05) is 6.07 Å². The summed E-state index contributed by atoms with van der Waals surface area (Å²) in [5.74, 6) is -0.257. The normalized spacial score (nSPS) is 22.5. The second-order valence-corrected chi connectivity index (χ2v) is 5.21. The highest BCUT2D eigenvalue weighted by molar-refractivity contribution is 5.58. The fourth-order valence-electron chi connectivity index (χ4n) is 2.85. The lowest BCUT2D eigenvalue weighted by molar-refractivity contribution is -0.000206. The summed E-state index contributed by atoms with van der Waals surface area (Å²) in [6.07, 6.45) is 2.24. The number of nitrogens with zero attached hydrogens (tertiary/aromatic N) is 1. The van der Waals surface area contributed by atoms with Gasteiger partial charge in [-0.15, -0.1) is 0 Å². The lowest BCUT2D eigenvalue weighted by Gasteiger charge is -2.53. The molecule has 0 atom stereocenters. The molecule has 0 saturated carbocycles. The van der Waals surface area contributed by atoms with Gasteiger partial charge in [0, 0.05) is 43.1 Å². The van der Waals surface area contributed by atoms with Crippen molar-refractivity contribution < 1.29 is 9.13 Å². The molecule has 2 N–H and O–H groups in total. The molecule has 3 rings (SSSR count). The summed E-state index contributed by atoms with van der Waals surface area (Å²) >= 11 is 0. The van der Waals surface area contributed by atoms with Gasteiger partial charge in [-0.3, -0.25) is 0 Å². The molecule has 1 aromatic carbocycles. The summed E-state index contributed by atoms with van der Waals surface area (Å²) in [6.45, 7) is 3.72. The van der Waals surface area contributed by atoms with Crippen molar-refractivity contribution in [3.05, 3.63) is 24.0 Å². The van der Waals surface area contributed by atoms with Crippen molar-refractivity contribution in [2.75, 3.05) is 36.9 Å². The van der Waals surface area contributed by atoms with E-state index < -0.39 is 0 Å². The third-order valence-electron chi connectivity index (χ3n) is 3.88. The average molecular weight is 236 g/mol. The SMILES string of the molecule is Nc1cc(F)cc(N2CC3(CCOCC3)C2)c1. The van der Waals surface area contributed by atoms with Gasteiger partial charge in [0.1, 0.15) is 5.82 Å². The maximum Gasteiger partial charge on any atom is 0.127 e. The van der Waals surface area contributed by atoms with Crippen LogP contribution < -0.4 is 10.6 Å². The number of halogens is 1. The highest BCUT2D eigenvalue weighted by Crippen LogP contribution is 2.42. The smallest absolute Gasteiger partial charge is 0.127 e. The van der Waals surface area contributed by atoms with E-state index >= 15 is 0 Å². The summed E-state index contributed by atoms with van der Waals surface area (Å²) in [4.78, 5) is 2.20. The minimum absolute atomic E-state index is 0.257. The van der Waals surface area contributed by atoms with Crippen LogP contribution in [-0.2, 0) is 4.74 Å². The molecule has 2 aliphatic rings. The Morgan fingerprint density at radius 2 is 1.88 bits per heavy atom. The average Bonchev–Trinajstić information content (AvgIpc) is 2.25. The zero-order valence-corrected chi connectivity index (χ0v) is 9.79. The molecule has 4 heteroatoms. The van der Waals surface area contributed by atoms with Crippen LogP contribution in [0.4, 0.5) is 15.8 Å². The van der Waals surface area contributed by atoms with Gasteiger partial charge in [-0.2, -0.15) is 0 Å². The van der Waals surface area contributed by atoms with E-state index in [9.17, 15) is 4.39 Å². The molecule has 0 radical (unpaired) electrons. The molecule has 2 fully saturated rings. The van der Waals surface area contributed by atoms with Crippen molar-refractivity contribution in [3.8, 4) is 0 Å². The van der Waals surface area contributed by atoms with Crippen LogP contribution in [0.1, 0.15) is 12.8 Å². The molecule has 0 aliphatic carbocycles. The minimum atomic E-state index is -0.257. The van der Waals surface area contributed by atoms with Gasteiger partial charge < -0.3 is 15.4 Å². The first-order valence-electron chi connectivity index (χ1n) is 6.06. The topological polar surface area (TPSA) is 38.5 Å². The van der Waals surface area contributed by atoms with Gasteiger partial charge in [0.25, 0.3) is 0 Å². The monoisotopic (exact) mass is 236 g/mol. The van der Waals surface area contributed by atoms with Crippen LogP contribution in [0.25, 0.3) is 0 Å². The quantitative estimate of drug-likeness (QED) is 0.758. The summed E-state index contributed by atoms with van der Waals surface area (Å²) in [5.41, 5.74) is 7.46. The number of hydrogen-bond donors (Lipinski definition) is 1. The maximum atomic E-state index is 13.3. The summed E-state index contributed by atoms with van der Waals surface area (Å²) in [6, 6.07) is 4.76. The molecular weight excluding hydrogens is 219 g/mol. The largest absolute Gasteiger partial charge is 0.399 e. The van der Waals surface area contributed by atoms with Gasteiger partial charge in [-0.25, -0.2) is 4.39 Å². The Hall–Kier alpha value is -1.29. The van der Waals surface area contributed by atoms with E-state index in [2.05, 4.69) is 4.90 Å². The predicted octanol–water partition coefficient (Wildman–Crippen LogP) is 2.02. The summed E-state index contributed by atoms with van der Waals surface area (Å²) in [7, 11) is 0. The number of ether oxygens (including phenoxy) is 1. The summed E-state index contributed by atoms with van der Waals surface area (Å²) in [5, 5.41) is 0. The number of hydrogen-bond acceptors (Lipinski definition) is 3. The van der Waals surface area contributed by atoms with E-state index in [-0.39, 0.29) is 5.82 Å². The van der Waals surface area contributed by atoms with Gasteiger partial charge in [-0.1, -0.05) is 0 Å². The molecule has 3 nitrogen and oxygen atoms in total. The Balaban J connectivity index is 1.71. The molecule has 0 aromatic heterocycles. The Kier molecular flexibility index (Phi) is 2.47. The van der Waals surface area contributed by atoms with E-state index in [0.717, 1.165) is 44.8 Å². The van der Waals surface area contributed by atoms with Crippen molar-refractivity contribution in [1.82, 2.24) is 0 Å². The van der Waals surface area contributed by atoms with Gasteiger partial charge >= 0.3 is 0 Å². The minimum Gasteiger partial charge on any atom is -0.399 e. The number of anilines is 2. The van der Waals surface area contributed by atoms with Crippen molar-refractivity contribution >= 4 is 11.4 Å². The third-order valence-corrected chi connectivity index (χ3v) is 3.88. The predicted molar refractivity (Wildman–Crippen MR) is 65.5 cm³/mol. The van der Waals surface area contributed by atoms with E-state index in [1.165, 1.54) is 6.07 Å². The standard InChI is InChI=1S/C13H17FN2O/c14-10-5-11(15)7-12(6-10)16-8-13(9-16)1-3-17-4-2-13/h5-7H,1-4,8-9,15H2. The Bertz CT molecular complexity index is 401. The lowest BCUT2D eigenvalue weighted by atomic mass is 9.73. The third kappa shape index (κ3) is 1.97. The van der Waals surface area contributed by atoms with Crippen LogP contribution >= 0.6 is 0 Å². The van der Waals surface area contributed by atoms with Gasteiger partial charge in [0.05, 0.1) is 0 Å². The van der Waals surface area contributed by atoms with Crippen LogP contribution in [0, 0.1) is 11.2 Å². The Morgan fingerprint density at radius 1 is 1.18 bits per heavy atom. The highest BCUT2D eigenvalue weighted by Gasteiger charge is 2.43. The van der Waals surface area contributed by atoms with Gasteiger partial charge in [0.15, 0.2) is 0 Å². The van der Waals surface area contributed by atoms with Crippen LogP contribution in [0.15, 0.2) is 18.2 Å². The number of nitrogens with two attached hydrogens (primary N) is 1. The van der Waals surface area contributed by atoms with Crippen molar-refractivity contribution in [3.63, 3.8) is 0 Å². The van der Waals surface area contributed by atoms with E-state index in [1.54, 1.807) is 6.07 Å². The first-order valence-corrected chi connectivity index (χ1v) is 6.06. The maximum absolute atomic E-state index is 13.3. The molecule has 17 heavy (non-hydrogen) atoms. The highest BCUT2D eigenvalue weighted by atomic mass is 19.1. The van der Waals surface area contributed by atoms with E-state index in [4.69, 9.17) is 10.5 Å². The molecule has 1 spiro atoms. The van der Waals surface area contributed by atoms with Gasteiger partial charge in [-0.05, 0) is 31.0 Å². The van der Waals surface area contributed by atoms with Crippen LogP contribution in [0.2, 0.25) is 0 Å². The number of nitrogen functional groups attached to an aromatic ring is 1. The van der Waals surface area contributed by atoms with E-state index in [0.29, 0.717) is 11.1 Å². The fourth-order valence-corrected chi connectivity index (χ4v) is 2.85. The molecular formula is C13H17FN2O. The zero-order valence-electron chi connectivity index (χ0n) is 9.79. The first-order chi connectivity index (χ1) is 8.17. The second kappa shape index (κ2) is 3.88. The molecule has 0 unspecified atom stereocenters. The van der Waals surface area contributed by atoms with Crippen LogP contribution in [0.3, 0.4) is 0 Å². The molecule has 1 aromatic rings. The first kappa shape index (κ1) is 10.8. The molecule has 2 heterocycles. The molecule has 92 valence electrons. The zero-order chi connectivity index (χ0) is 11.9. The van der Waals surface area contributed by atoms with Crippen LogP contribution in [0.5, 0.6) is 0 Å². The number of benzene rings is 1. The van der Waals surface area contributed by atoms with Crippen LogP contribution in [-0.4, -0.2) is 26.3 Å². The second-order valence-electron chi connectivity index (χ2n) is 5.21. The number of rotatable bonds is 1. The Morgan fingerprint density at radius 3 is 2.53 bits per heavy atom. The lowest BCUT2D eigenvalue weighted by Crippen LogP contribution is -2.58.